The van der Waals surface area contributed by atoms with Crippen LogP contribution in [-0.4, -0.2) is 19.1 Å². The molecule has 2 heterocycles. The van der Waals surface area contributed by atoms with E-state index < -0.39 is 5.82 Å². The smallest absolute Gasteiger partial charge is 0.294 e. The van der Waals surface area contributed by atoms with Crippen LogP contribution >= 0.6 is 0 Å². The van der Waals surface area contributed by atoms with Gasteiger partial charge in [-0.3, -0.25) is 9.69 Å². The molecule has 0 N–H and O–H groups in total. The number of furan rings is 1. The first-order chi connectivity index (χ1) is 12.7. The highest BCUT2D eigenvalue weighted by Gasteiger charge is 2.26. The minimum atomic E-state index is -0.444. The summed E-state index contributed by atoms with van der Waals surface area (Å²) in [5, 5.41) is 0. The number of rotatable bonds is 4. The SMILES string of the molecule is O=C(c1ccc(COc2ccccc2F)o1)N1CCOc2ccccc21. The van der Waals surface area contributed by atoms with Gasteiger partial charge in [-0.05, 0) is 36.4 Å². The van der Waals surface area contributed by atoms with Crippen molar-refractivity contribution in [1.29, 1.82) is 0 Å². The van der Waals surface area contributed by atoms with E-state index in [1.807, 2.05) is 24.3 Å². The van der Waals surface area contributed by atoms with Crippen LogP contribution < -0.4 is 14.4 Å². The zero-order chi connectivity index (χ0) is 17.9. The van der Waals surface area contributed by atoms with E-state index in [1.54, 1.807) is 29.2 Å². The van der Waals surface area contributed by atoms with Gasteiger partial charge in [0.2, 0.25) is 0 Å². The van der Waals surface area contributed by atoms with Gasteiger partial charge in [-0.1, -0.05) is 24.3 Å². The number of ether oxygens (including phenoxy) is 2. The lowest BCUT2D eigenvalue weighted by molar-refractivity contribution is 0.0945. The van der Waals surface area contributed by atoms with Gasteiger partial charge < -0.3 is 13.9 Å². The number of nitrogens with zero attached hydrogens (tertiary/aromatic N) is 1. The molecule has 2 aromatic carbocycles. The molecule has 132 valence electrons. The Kier molecular flexibility index (Phi) is 4.31. The second-order valence-corrected chi connectivity index (χ2v) is 5.76. The maximum atomic E-state index is 13.6. The van der Waals surface area contributed by atoms with E-state index in [0.717, 1.165) is 0 Å². The van der Waals surface area contributed by atoms with E-state index in [2.05, 4.69) is 0 Å². The fraction of sp³-hybridized carbons (Fsp3) is 0.150. The van der Waals surface area contributed by atoms with Gasteiger partial charge in [0.15, 0.2) is 17.3 Å². The normalized spacial score (nSPS) is 13.0. The van der Waals surface area contributed by atoms with Gasteiger partial charge >= 0.3 is 0 Å². The van der Waals surface area contributed by atoms with Gasteiger partial charge in [0, 0.05) is 0 Å². The molecule has 1 aromatic heterocycles. The van der Waals surface area contributed by atoms with Gasteiger partial charge in [-0.15, -0.1) is 0 Å². The molecule has 0 saturated heterocycles. The van der Waals surface area contributed by atoms with E-state index in [-0.39, 0.29) is 24.0 Å². The number of fused-ring (bicyclic) bond motifs is 1. The molecule has 6 heteroatoms. The summed E-state index contributed by atoms with van der Waals surface area (Å²) in [6.45, 7) is 0.901. The van der Waals surface area contributed by atoms with Gasteiger partial charge in [0.1, 0.15) is 24.7 Å². The molecular formula is C20H16FNO4. The highest BCUT2D eigenvalue weighted by atomic mass is 19.1. The van der Waals surface area contributed by atoms with Crippen molar-refractivity contribution >= 4 is 11.6 Å². The zero-order valence-corrected chi connectivity index (χ0v) is 13.9. The summed E-state index contributed by atoms with van der Waals surface area (Å²) in [6, 6.07) is 16.7. The molecule has 0 atom stereocenters. The van der Waals surface area contributed by atoms with Crippen molar-refractivity contribution in [2.75, 3.05) is 18.1 Å². The lowest BCUT2D eigenvalue weighted by Crippen LogP contribution is -2.37. The van der Waals surface area contributed by atoms with Crippen molar-refractivity contribution in [2.24, 2.45) is 0 Å². The molecule has 4 rings (SSSR count). The first-order valence-electron chi connectivity index (χ1n) is 8.22. The maximum Gasteiger partial charge on any atom is 0.294 e. The first kappa shape index (κ1) is 16.2. The number of anilines is 1. The average Bonchev–Trinajstić information content (AvgIpc) is 3.15. The molecular weight excluding hydrogens is 337 g/mol. The Morgan fingerprint density at radius 2 is 1.88 bits per heavy atom. The highest BCUT2D eigenvalue weighted by molar-refractivity contribution is 6.05. The Labute approximate surface area is 149 Å². The molecule has 26 heavy (non-hydrogen) atoms. The van der Waals surface area contributed by atoms with Crippen LogP contribution in [0.1, 0.15) is 16.3 Å². The summed E-state index contributed by atoms with van der Waals surface area (Å²) in [4.78, 5) is 14.4. The summed E-state index contributed by atoms with van der Waals surface area (Å²) in [5.41, 5.74) is 0.712. The lowest BCUT2D eigenvalue weighted by atomic mass is 10.2. The molecule has 1 aliphatic heterocycles. The van der Waals surface area contributed by atoms with Crippen LogP contribution in [0, 0.1) is 5.82 Å². The van der Waals surface area contributed by atoms with Gasteiger partial charge in [-0.25, -0.2) is 4.39 Å². The molecule has 5 nitrogen and oxygen atoms in total. The third-order valence-corrected chi connectivity index (χ3v) is 4.05. The molecule has 0 bridgehead atoms. The molecule has 1 aliphatic rings. The zero-order valence-electron chi connectivity index (χ0n) is 13.9. The summed E-state index contributed by atoms with van der Waals surface area (Å²) < 4.78 is 30.1. The van der Waals surface area contributed by atoms with Crippen molar-refractivity contribution in [2.45, 2.75) is 6.61 Å². The van der Waals surface area contributed by atoms with Crippen molar-refractivity contribution in [3.63, 3.8) is 0 Å². The number of carbonyl (C=O) groups excluding carboxylic acids is 1. The number of amides is 1. The first-order valence-corrected chi connectivity index (χ1v) is 8.22. The largest absolute Gasteiger partial charge is 0.490 e. The molecule has 0 saturated carbocycles. The number of benzene rings is 2. The minimum Gasteiger partial charge on any atom is -0.490 e. The fourth-order valence-corrected chi connectivity index (χ4v) is 2.79. The summed E-state index contributed by atoms with van der Waals surface area (Å²) in [6.07, 6.45) is 0. The van der Waals surface area contributed by atoms with E-state index in [1.165, 1.54) is 12.1 Å². The van der Waals surface area contributed by atoms with Crippen LogP contribution in [0.4, 0.5) is 10.1 Å². The second kappa shape index (κ2) is 6.92. The standard InChI is InChI=1S/C20H16FNO4/c21-15-5-1-3-7-17(15)25-13-14-9-10-19(26-14)20(23)22-11-12-24-18-8-4-2-6-16(18)22/h1-10H,11-13H2. The van der Waals surface area contributed by atoms with Crippen LogP contribution in [0.5, 0.6) is 11.5 Å². The van der Waals surface area contributed by atoms with Crippen LogP contribution in [0.15, 0.2) is 65.1 Å². The molecule has 0 fully saturated rings. The highest BCUT2D eigenvalue weighted by Crippen LogP contribution is 2.32. The third kappa shape index (κ3) is 3.13. The van der Waals surface area contributed by atoms with Gasteiger partial charge in [0.25, 0.3) is 5.91 Å². The summed E-state index contributed by atoms with van der Waals surface area (Å²) in [7, 11) is 0. The molecule has 0 radical (unpaired) electrons. The lowest BCUT2D eigenvalue weighted by Gasteiger charge is -2.28. The molecule has 0 aliphatic carbocycles. The van der Waals surface area contributed by atoms with Crippen molar-refractivity contribution in [3.8, 4) is 11.5 Å². The summed E-state index contributed by atoms with van der Waals surface area (Å²) >= 11 is 0. The van der Waals surface area contributed by atoms with Crippen LogP contribution in [0.2, 0.25) is 0 Å². The Balaban J connectivity index is 1.48. The number of para-hydroxylation sites is 3. The Hall–Kier alpha value is -3.28. The maximum absolute atomic E-state index is 13.6. The molecule has 0 unspecified atom stereocenters. The number of hydrogen-bond donors (Lipinski definition) is 0. The van der Waals surface area contributed by atoms with Crippen molar-refractivity contribution < 1.29 is 23.1 Å². The Morgan fingerprint density at radius 3 is 2.77 bits per heavy atom. The average molecular weight is 353 g/mol. The quantitative estimate of drug-likeness (QED) is 0.710. The Morgan fingerprint density at radius 1 is 1.08 bits per heavy atom. The molecule has 1 amide bonds. The molecule has 0 spiro atoms. The van der Waals surface area contributed by atoms with E-state index in [9.17, 15) is 9.18 Å². The predicted octanol–water partition coefficient (Wildman–Crippen LogP) is 4.04. The predicted molar refractivity (Wildman–Crippen MR) is 93.1 cm³/mol. The van der Waals surface area contributed by atoms with Crippen LogP contribution in [0.25, 0.3) is 0 Å². The van der Waals surface area contributed by atoms with Crippen LogP contribution in [0.3, 0.4) is 0 Å². The van der Waals surface area contributed by atoms with E-state index >= 15 is 0 Å². The number of carbonyl (C=O) groups is 1. The van der Waals surface area contributed by atoms with Gasteiger partial charge in [-0.2, -0.15) is 0 Å². The summed E-state index contributed by atoms with van der Waals surface area (Å²) in [5.74, 6) is 0.755. The number of halogens is 1. The van der Waals surface area contributed by atoms with E-state index in [0.29, 0.717) is 30.3 Å². The monoisotopic (exact) mass is 353 g/mol. The van der Waals surface area contributed by atoms with Gasteiger partial charge in [0.05, 0.1) is 12.2 Å². The van der Waals surface area contributed by atoms with Crippen molar-refractivity contribution in [1.82, 2.24) is 0 Å². The topological polar surface area (TPSA) is 51.9 Å². The minimum absolute atomic E-state index is 0.0356. The number of hydrogen-bond acceptors (Lipinski definition) is 4. The third-order valence-electron chi connectivity index (χ3n) is 4.05. The second-order valence-electron chi connectivity index (χ2n) is 5.76. The van der Waals surface area contributed by atoms with Crippen molar-refractivity contribution in [3.05, 3.63) is 78.0 Å². The molecule has 3 aromatic rings. The Bertz CT molecular complexity index is 937. The van der Waals surface area contributed by atoms with Crippen LogP contribution in [-0.2, 0) is 6.61 Å². The fourth-order valence-electron chi connectivity index (χ4n) is 2.79. The van der Waals surface area contributed by atoms with E-state index in [4.69, 9.17) is 13.9 Å².